The van der Waals surface area contributed by atoms with Crippen LogP contribution in [0.5, 0.6) is 0 Å². The molecule has 2 rings (SSSR count). The van der Waals surface area contributed by atoms with Crippen molar-refractivity contribution in [3.05, 3.63) is 52.0 Å². The highest BCUT2D eigenvalue weighted by atomic mass is 32.2. The van der Waals surface area contributed by atoms with E-state index in [9.17, 15) is 10.1 Å². The maximum atomic E-state index is 10.9. The van der Waals surface area contributed by atoms with Gasteiger partial charge in [0.05, 0.1) is 10.6 Å². The van der Waals surface area contributed by atoms with E-state index in [0.717, 1.165) is 10.6 Å². The molecule has 1 N–H and O–H groups in total. The van der Waals surface area contributed by atoms with Crippen molar-refractivity contribution < 1.29 is 9.45 Å². The molecule has 0 radical (unpaired) electrons. The monoisotopic (exact) mass is 291 g/mol. The molecule has 1 heterocycles. The van der Waals surface area contributed by atoms with Crippen LogP contribution < -0.4 is 5.32 Å². The number of hydrogen-bond donors (Lipinski definition) is 1. The summed E-state index contributed by atoms with van der Waals surface area (Å²) in [4.78, 5) is 11.5. The molecule has 0 aliphatic rings. The first-order valence-electron chi connectivity index (χ1n) is 5.80. The molecule has 0 amide bonds. The van der Waals surface area contributed by atoms with Crippen molar-refractivity contribution in [2.45, 2.75) is 11.8 Å². The van der Waals surface area contributed by atoms with Gasteiger partial charge in [-0.1, -0.05) is 17.3 Å². The van der Waals surface area contributed by atoms with Crippen LogP contribution in [0.1, 0.15) is 11.5 Å². The SMILES string of the molecule is CSc1ccccc1NC=Cc1onc(C)c1[N+](=O)[O-]. The number of benzene rings is 1. The van der Waals surface area contributed by atoms with Gasteiger partial charge in [-0.25, -0.2) is 0 Å². The molecule has 20 heavy (non-hydrogen) atoms. The molecule has 2 aromatic rings. The molecule has 0 saturated heterocycles. The molecule has 0 spiro atoms. The fraction of sp³-hybridized carbons (Fsp3) is 0.154. The predicted molar refractivity (Wildman–Crippen MR) is 78.8 cm³/mol. The Morgan fingerprint density at radius 1 is 1.45 bits per heavy atom. The van der Waals surface area contributed by atoms with E-state index in [1.165, 1.54) is 13.0 Å². The van der Waals surface area contributed by atoms with E-state index in [1.54, 1.807) is 18.0 Å². The molecule has 0 atom stereocenters. The summed E-state index contributed by atoms with van der Waals surface area (Å²) in [6.45, 7) is 1.54. The first-order valence-corrected chi connectivity index (χ1v) is 7.02. The molecule has 6 nitrogen and oxygen atoms in total. The third-order valence-corrected chi connectivity index (χ3v) is 3.42. The van der Waals surface area contributed by atoms with Gasteiger partial charge in [0.2, 0.25) is 5.76 Å². The van der Waals surface area contributed by atoms with Gasteiger partial charge in [0, 0.05) is 17.2 Å². The van der Waals surface area contributed by atoms with Crippen molar-refractivity contribution in [1.82, 2.24) is 5.16 Å². The van der Waals surface area contributed by atoms with Crippen LogP contribution in [-0.4, -0.2) is 16.3 Å². The Hall–Kier alpha value is -2.28. The topological polar surface area (TPSA) is 81.2 Å². The molecule has 0 unspecified atom stereocenters. The molecule has 0 saturated carbocycles. The number of aromatic nitrogens is 1. The third-order valence-electron chi connectivity index (χ3n) is 2.62. The lowest BCUT2D eigenvalue weighted by Crippen LogP contribution is -1.92. The number of nitro groups is 1. The summed E-state index contributed by atoms with van der Waals surface area (Å²) >= 11 is 1.61. The van der Waals surface area contributed by atoms with Gasteiger partial charge < -0.3 is 9.84 Å². The van der Waals surface area contributed by atoms with Gasteiger partial charge in [0.25, 0.3) is 0 Å². The lowest BCUT2D eigenvalue weighted by molar-refractivity contribution is -0.386. The van der Waals surface area contributed by atoms with Gasteiger partial charge in [-0.2, -0.15) is 0 Å². The van der Waals surface area contributed by atoms with E-state index in [-0.39, 0.29) is 17.1 Å². The molecular weight excluding hydrogens is 278 g/mol. The second-order valence-electron chi connectivity index (χ2n) is 3.92. The van der Waals surface area contributed by atoms with E-state index in [2.05, 4.69) is 10.5 Å². The van der Waals surface area contributed by atoms with E-state index in [1.807, 2.05) is 30.5 Å². The van der Waals surface area contributed by atoms with Crippen LogP contribution in [0.25, 0.3) is 6.08 Å². The summed E-state index contributed by atoms with van der Waals surface area (Å²) < 4.78 is 4.93. The van der Waals surface area contributed by atoms with Gasteiger partial charge in [-0.15, -0.1) is 11.8 Å². The predicted octanol–water partition coefficient (Wildman–Crippen LogP) is 3.70. The minimum Gasteiger partial charge on any atom is -0.361 e. The normalized spacial score (nSPS) is 10.9. The molecule has 0 aliphatic heterocycles. The minimum atomic E-state index is -0.499. The average Bonchev–Trinajstić information content (AvgIpc) is 2.80. The zero-order valence-electron chi connectivity index (χ0n) is 11.0. The zero-order valence-corrected chi connectivity index (χ0v) is 11.8. The van der Waals surface area contributed by atoms with E-state index in [4.69, 9.17) is 4.52 Å². The number of rotatable bonds is 5. The van der Waals surface area contributed by atoms with Crippen molar-refractivity contribution in [1.29, 1.82) is 0 Å². The lowest BCUT2D eigenvalue weighted by Gasteiger charge is -2.05. The van der Waals surface area contributed by atoms with Gasteiger partial charge in [-0.3, -0.25) is 10.1 Å². The maximum absolute atomic E-state index is 10.9. The van der Waals surface area contributed by atoms with Crippen molar-refractivity contribution in [3.63, 3.8) is 0 Å². The van der Waals surface area contributed by atoms with Crippen LogP contribution in [0.3, 0.4) is 0 Å². The highest BCUT2D eigenvalue weighted by Crippen LogP contribution is 2.26. The van der Waals surface area contributed by atoms with E-state index >= 15 is 0 Å². The summed E-state index contributed by atoms with van der Waals surface area (Å²) in [6.07, 6.45) is 5.08. The van der Waals surface area contributed by atoms with Crippen LogP contribution in [0.15, 0.2) is 39.9 Å². The number of hydrogen-bond acceptors (Lipinski definition) is 6. The Labute approximate surface area is 120 Å². The van der Waals surface area contributed by atoms with Crippen molar-refractivity contribution in [2.24, 2.45) is 0 Å². The van der Waals surface area contributed by atoms with Crippen LogP contribution in [0.4, 0.5) is 11.4 Å². The standard InChI is InChI=1S/C13H13N3O3S/c1-9-13(16(17)18)11(19-15-9)7-8-14-10-5-3-4-6-12(10)20-2/h3-8,14H,1-2H3. The smallest absolute Gasteiger partial charge is 0.338 e. The summed E-state index contributed by atoms with van der Waals surface area (Å²) in [5, 5.41) is 17.6. The number of para-hydroxylation sites is 1. The van der Waals surface area contributed by atoms with Crippen LogP contribution in [-0.2, 0) is 0 Å². The highest BCUT2D eigenvalue weighted by Gasteiger charge is 2.21. The van der Waals surface area contributed by atoms with Crippen molar-refractivity contribution >= 4 is 29.2 Å². The van der Waals surface area contributed by atoms with Crippen LogP contribution >= 0.6 is 11.8 Å². The van der Waals surface area contributed by atoms with E-state index < -0.39 is 4.92 Å². The zero-order chi connectivity index (χ0) is 14.5. The molecule has 1 aromatic carbocycles. The summed E-state index contributed by atoms with van der Waals surface area (Å²) in [5.74, 6) is 0.127. The van der Waals surface area contributed by atoms with Gasteiger partial charge >= 0.3 is 5.69 Å². The Morgan fingerprint density at radius 2 is 2.20 bits per heavy atom. The summed E-state index contributed by atoms with van der Waals surface area (Å²) in [6, 6.07) is 7.78. The summed E-state index contributed by atoms with van der Waals surface area (Å²) in [7, 11) is 0. The highest BCUT2D eigenvalue weighted by molar-refractivity contribution is 7.98. The second-order valence-corrected chi connectivity index (χ2v) is 4.76. The first-order chi connectivity index (χ1) is 9.63. The molecular formula is C13H13N3O3S. The van der Waals surface area contributed by atoms with Crippen LogP contribution in [0, 0.1) is 17.0 Å². The Morgan fingerprint density at radius 3 is 2.90 bits per heavy atom. The maximum Gasteiger partial charge on any atom is 0.338 e. The van der Waals surface area contributed by atoms with Gasteiger partial charge in [0.15, 0.2) is 5.69 Å². The number of nitrogens with one attached hydrogen (secondary N) is 1. The number of nitrogens with zero attached hydrogens (tertiary/aromatic N) is 2. The quantitative estimate of drug-likeness (QED) is 0.514. The largest absolute Gasteiger partial charge is 0.361 e. The Balaban J connectivity index is 2.17. The molecule has 0 bridgehead atoms. The lowest BCUT2D eigenvalue weighted by atomic mass is 10.3. The first kappa shape index (κ1) is 14.1. The molecule has 104 valence electrons. The Bertz CT molecular complexity index is 652. The number of thioether (sulfide) groups is 1. The second kappa shape index (κ2) is 6.25. The Kier molecular flexibility index (Phi) is 4.41. The average molecular weight is 291 g/mol. The fourth-order valence-corrected chi connectivity index (χ4v) is 2.25. The van der Waals surface area contributed by atoms with E-state index in [0.29, 0.717) is 0 Å². The van der Waals surface area contributed by atoms with Gasteiger partial charge in [0.1, 0.15) is 0 Å². The molecule has 0 aliphatic carbocycles. The molecule has 7 heteroatoms. The number of aryl methyl sites for hydroxylation is 1. The van der Waals surface area contributed by atoms with Gasteiger partial charge in [-0.05, 0) is 25.3 Å². The van der Waals surface area contributed by atoms with Crippen LogP contribution in [0.2, 0.25) is 0 Å². The number of anilines is 1. The fourth-order valence-electron chi connectivity index (χ4n) is 1.68. The third kappa shape index (κ3) is 3.00. The molecule has 0 fully saturated rings. The summed E-state index contributed by atoms with van der Waals surface area (Å²) in [5.41, 5.74) is 1.08. The van der Waals surface area contributed by atoms with Crippen molar-refractivity contribution in [3.8, 4) is 0 Å². The molecule has 1 aromatic heterocycles. The van der Waals surface area contributed by atoms with Crippen molar-refractivity contribution in [2.75, 3.05) is 11.6 Å². The minimum absolute atomic E-state index is 0.110.